The largest absolute Gasteiger partial charge is 0.358 e. The number of rotatable bonds is 2. The molecule has 1 saturated heterocycles. The summed E-state index contributed by atoms with van der Waals surface area (Å²) < 4.78 is 0. The second kappa shape index (κ2) is 11.3. The molecular weight excluding hydrogens is 220 g/mol. The van der Waals surface area contributed by atoms with E-state index in [-0.39, 0.29) is 11.9 Å². The van der Waals surface area contributed by atoms with Crippen molar-refractivity contribution in [2.24, 2.45) is 5.92 Å². The van der Waals surface area contributed by atoms with Crippen LogP contribution in [0.3, 0.4) is 0 Å². The smallest absolute Gasteiger partial charge is 0.237 e. The number of amides is 1. The Morgan fingerprint density at radius 2 is 1.81 bits per heavy atom. The van der Waals surface area contributed by atoms with E-state index in [1.54, 1.807) is 7.05 Å². The number of likely N-dealkylation sites (N-methyl/N-ethyl adjacent to an activating group) is 1. The van der Waals surface area contributed by atoms with Gasteiger partial charge in [-0.3, -0.25) is 10.1 Å². The minimum absolute atomic E-state index is 0.00685. The van der Waals surface area contributed by atoms with E-state index in [4.69, 9.17) is 0 Å². The van der Waals surface area contributed by atoms with E-state index in [0.717, 1.165) is 5.75 Å². The van der Waals surface area contributed by atoms with Gasteiger partial charge in [0.25, 0.3) is 0 Å². The number of thioether (sulfide) groups is 1. The molecular formula is C12H28N2OS. The Hall–Kier alpha value is -0.220. The molecule has 0 aliphatic carbocycles. The third kappa shape index (κ3) is 6.38. The average molecular weight is 248 g/mol. The molecule has 0 radical (unpaired) electrons. The van der Waals surface area contributed by atoms with E-state index in [1.807, 2.05) is 39.5 Å². The highest BCUT2D eigenvalue weighted by Gasteiger charge is 2.30. The first kappa shape index (κ1) is 18.2. The van der Waals surface area contributed by atoms with Crippen molar-refractivity contribution in [1.29, 1.82) is 0 Å². The molecule has 98 valence electrons. The molecule has 1 amide bonds. The Morgan fingerprint density at radius 3 is 2.12 bits per heavy atom. The number of nitrogens with one attached hydrogen (secondary N) is 2. The van der Waals surface area contributed by atoms with Gasteiger partial charge in [0.05, 0.1) is 11.4 Å². The molecule has 0 aromatic heterocycles. The lowest BCUT2D eigenvalue weighted by Crippen LogP contribution is -2.43. The summed E-state index contributed by atoms with van der Waals surface area (Å²) >= 11 is 1.83. The summed E-state index contributed by atoms with van der Waals surface area (Å²) in [6.07, 6.45) is 0. The summed E-state index contributed by atoms with van der Waals surface area (Å²) in [6.45, 7) is 12.3. The molecule has 16 heavy (non-hydrogen) atoms. The van der Waals surface area contributed by atoms with Crippen molar-refractivity contribution in [2.75, 3.05) is 12.8 Å². The zero-order chi connectivity index (χ0) is 13.1. The second-order valence-electron chi connectivity index (χ2n) is 3.33. The molecule has 1 heterocycles. The minimum atomic E-state index is 0.00685. The summed E-state index contributed by atoms with van der Waals surface area (Å²) in [5.74, 6) is 1.58. The zero-order valence-electron chi connectivity index (χ0n) is 11.8. The Kier molecular flexibility index (Phi) is 12.8. The minimum Gasteiger partial charge on any atom is -0.358 e. The van der Waals surface area contributed by atoms with Gasteiger partial charge in [-0.25, -0.2) is 0 Å². The molecule has 1 aliphatic rings. The molecule has 0 saturated carbocycles. The Balaban J connectivity index is 0. The van der Waals surface area contributed by atoms with Gasteiger partial charge in [0.1, 0.15) is 0 Å². The van der Waals surface area contributed by atoms with Crippen molar-refractivity contribution in [1.82, 2.24) is 10.6 Å². The van der Waals surface area contributed by atoms with E-state index in [2.05, 4.69) is 24.5 Å². The van der Waals surface area contributed by atoms with Gasteiger partial charge in [-0.15, -0.1) is 11.8 Å². The predicted octanol–water partition coefficient (Wildman–Crippen LogP) is 2.47. The normalized spacial score (nSPS) is 22.8. The van der Waals surface area contributed by atoms with E-state index < -0.39 is 0 Å². The van der Waals surface area contributed by atoms with Gasteiger partial charge in [0.15, 0.2) is 0 Å². The van der Waals surface area contributed by atoms with Crippen molar-refractivity contribution in [3.05, 3.63) is 0 Å². The maximum atomic E-state index is 11.2. The molecule has 3 nitrogen and oxygen atoms in total. The van der Waals surface area contributed by atoms with Crippen molar-refractivity contribution < 1.29 is 4.79 Å². The maximum Gasteiger partial charge on any atom is 0.237 e. The Bertz CT molecular complexity index is 174. The average Bonchev–Trinajstić information content (AvgIpc) is 2.83. The van der Waals surface area contributed by atoms with Crippen LogP contribution in [0.2, 0.25) is 0 Å². The van der Waals surface area contributed by atoms with Crippen molar-refractivity contribution >= 4 is 17.7 Å². The summed E-state index contributed by atoms with van der Waals surface area (Å²) in [5, 5.41) is 6.38. The van der Waals surface area contributed by atoms with Crippen LogP contribution in [0.25, 0.3) is 0 Å². The second-order valence-corrected chi connectivity index (χ2v) is 4.51. The molecule has 0 bridgehead atoms. The Labute approximate surface area is 105 Å². The number of carbonyl (C=O) groups excluding carboxylic acids is 1. The summed E-state index contributed by atoms with van der Waals surface area (Å²) in [5.41, 5.74) is 0. The van der Waals surface area contributed by atoms with Crippen LogP contribution in [0.5, 0.6) is 0 Å². The molecule has 4 heteroatoms. The highest BCUT2D eigenvalue weighted by molar-refractivity contribution is 8.00. The quantitative estimate of drug-likeness (QED) is 0.789. The van der Waals surface area contributed by atoms with Crippen LogP contribution in [-0.2, 0) is 4.79 Å². The van der Waals surface area contributed by atoms with Crippen molar-refractivity contribution in [3.63, 3.8) is 0 Å². The lowest BCUT2D eigenvalue weighted by molar-refractivity contribution is -0.122. The van der Waals surface area contributed by atoms with Crippen LogP contribution in [0.1, 0.15) is 41.5 Å². The molecule has 0 aromatic carbocycles. The first-order chi connectivity index (χ1) is 7.65. The van der Waals surface area contributed by atoms with Crippen LogP contribution in [0.4, 0.5) is 0 Å². The maximum absolute atomic E-state index is 11.2. The van der Waals surface area contributed by atoms with Gasteiger partial charge in [-0.2, -0.15) is 0 Å². The lowest BCUT2D eigenvalue weighted by Gasteiger charge is -2.15. The first-order valence-corrected chi connectivity index (χ1v) is 7.29. The molecule has 1 rings (SSSR count). The van der Waals surface area contributed by atoms with Crippen LogP contribution in [0, 0.1) is 5.92 Å². The fourth-order valence-electron chi connectivity index (χ4n) is 1.20. The molecule has 2 unspecified atom stereocenters. The van der Waals surface area contributed by atoms with Crippen molar-refractivity contribution in [3.8, 4) is 0 Å². The highest BCUT2D eigenvalue weighted by Crippen LogP contribution is 2.24. The standard InChI is InChI=1S/C8H16N2OS.2C2H6/c1-5(2)8-10-6(4-12-8)7(11)9-3;2*1-2/h5-6,8,10H,4H2,1-3H3,(H,9,11);2*1-2H3. The summed E-state index contributed by atoms with van der Waals surface area (Å²) in [4.78, 5) is 11.2. The van der Waals surface area contributed by atoms with Crippen LogP contribution in [0.15, 0.2) is 0 Å². The lowest BCUT2D eigenvalue weighted by atomic mass is 10.2. The van der Waals surface area contributed by atoms with Gasteiger partial charge in [-0.1, -0.05) is 41.5 Å². The molecule has 0 aromatic rings. The number of carbonyl (C=O) groups is 1. The van der Waals surface area contributed by atoms with E-state index >= 15 is 0 Å². The third-order valence-electron chi connectivity index (χ3n) is 1.98. The van der Waals surface area contributed by atoms with Crippen LogP contribution in [-0.4, -0.2) is 30.1 Å². The number of hydrogen-bond acceptors (Lipinski definition) is 3. The highest BCUT2D eigenvalue weighted by atomic mass is 32.2. The van der Waals surface area contributed by atoms with E-state index in [0.29, 0.717) is 11.3 Å². The number of hydrogen-bond donors (Lipinski definition) is 2. The fourth-order valence-corrected chi connectivity index (χ4v) is 2.50. The first-order valence-electron chi connectivity index (χ1n) is 6.24. The van der Waals surface area contributed by atoms with Crippen LogP contribution >= 0.6 is 11.8 Å². The summed E-state index contributed by atoms with van der Waals surface area (Å²) in [6, 6.07) is 0.00685. The van der Waals surface area contributed by atoms with Crippen LogP contribution < -0.4 is 10.6 Å². The van der Waals surface area contributed by atoms with Gasteiger partial charge in [-0.05, 0) is 5.92 Å². The summed E-state index contributed by atoms with van der Waals surface area (Å²) in [7, 11) is 1.68. The molecule has 1 fully saturated rings. The van der Waals surface area contributed by atoms with Gasteiger partial charge < -0.3 is 5.32 Å². The van der Waals surface area contributed by atoms with Gasteiger partial charge >= 0.3 is 0 Å². The fraction of sp³-hybridized carbons (Fsp3) is 0.917. The zero-order valence-corrected chi connectivity index (χ0v) is 12.6. The van der Waals surface area contributed by atoms with Gasteiger partial charge in [0.2, 0.25) is 5.91 Å². The van der Waals surface area contributed by atoms with Gasteiger partial charge in [0, 0.05) is 12.8 Å². The monoisotopic (exact) mass is 248 g/mol. The van der Waals surface area contributed by atoms with E-state index in [9.17, 15) is 4.79 Å². The SMILES string of the molecule is CC.CC.CNC(=O)C1CSC(C(C)C)N1. The molecule has 2 N–H and O–H groups in total. The molecule has 2 atom stereocenters. The van der Waals surface area contributed by atoms with Crippen molar-refractivity contribution in [2.45, 2.75) is 53.0 Å². The molecule has 1 aliphatic heterocycles. The third-order valence-corrected chi connectivity index (χ3v) is 3.54. The predicted molar refractivity (Wildman–Crippen MR) is 74.8 cm³/mol. The molecule has 0 spiro atoms. The topological polar surface area (TPSA) is 41.1 Å². The van der Waals surface area contributed by atoms with E-state index in [1.165, 1.54) is 0 Å². The Morgan fingerprint density at radius 1 is 1.31 bits per heavy atom.